The number of pyridine rings is 1. The summed E-state index contributed by atoms with van der Waals surface area (Å²) < 4.78 is 11.3. The summed E-state index contributed by atoms with van der Waals surface area (Å²) in [4.78, 5) is 23.3. The number of carbonyl (C=O) groups is 1. The predicted molar refractivity (Wildman–Crippen MR) is 99.0 cm³/mol. The minimum Gasteiger partial charge on any atom is -0.459 e. The van der Waals surface area contributed by atoms with Crippen molar-refractivity contribution in [3.8, 4) is 11.1 Å². The zero-order chi connectivity index (χ0) is 18.2. The molecule has 27 heavy (non-hydrogen) atoms. The fourth-order valence-electron chi connectivity index (χ4n) is 3.61. The number of furan rings is 1. The van der Waals surface area contributed by atoms with Crippen LogP contribution in [0.5, 0.6) is 0 Å². The van der Waals surface area contributed by atoms with E-state index in [1.165, 1.54) is 6.26 Å². The predicted octanol–water partition coefficient (Wildman–Crippen LogP) is 4.46. The molecule has 1 aliphatic rings. The van der Waals surface area contributed by atoms with Crippen molar-refractivity contribution in [3.63, 3.8) is 0 Å². The van der Waals surface area contributed by atoms with E-state index in [2.05, 4.69) is 9.97 Å². The highest BCUT2D eigenvalue weighted by atomic mass is 16.4. The lowest BCUT2D eigenvalue weighted by Gasteiger charge is -2.20. The minimum absolute atomic E-state index is 0.124. The molecule has 1 saturated heterocycles. The summed E-state index contributed by atoms with van der Waals surface area (Å²) in [6.07, 6.45) is 6.83. The van der Waals surface area contributed by atoms with Crippen molar-refractivity contribution in [1.29, 1.82) is 0 Å². The summed E-state index contributed by atoms with van der Waals surface area (Å²) in [5, 5.41) is 0. The number of carbonyl (C=O) groups excluding carboxylic acids is 1. The maximum Gasteiger partial charge on any atom is 0.290 e. The van der Waals surface area contributed by atoms with E-state index in [1.54, 1.807) is 23.2 Å². The van der Waals surface area contributed by atoms with Gasteiger partial charge in [0.25, 0.3) is 5.91 Å². The molecule has 0 radical (unpaired) electrons. The second-order valence-corrected chi connectivity index (χ2v) is 6.61. The number of benzene rings is 1. The van der Waals surface area contributed by atoms with E-state index in [4.69, 9.17) is 8.83 Å². The van der Waals surface area contributed by atoms with Gasteiger partial charge in [-0.25, -0.2) is 4.98 Å². The number of rotatable bonds is 3. The number of fused-ring (bicyclic) bond motifs is 1. The molecule has 0 bridgehead atoms. The zero-order valence-electron chi connectivity index (χ0n) is 14.5. The number of hydrogen-bond donors (Lipinski definition) is 0. The van der Waals surface area contributed by atoms with Gasteiger partial charge in [-0.2, -0.15) is 0 Å². The van der Waals surface area contributed by atoms with Crippen LogP contribution >= 0.6 is 0 Å². The zero-order valence-corrected chi connectivity index (χ0v) is 14.5. The molecule has 1 fully saturated rings. The molecule has 1 aliphatic heterocycles. The van der Waals surface area contributed by atoms with Gasteiger partial charge in [0.15, 0.2) is 11.3 Å². The second kappa shape index (κ2) is 6.39. The van der Waals surface area contributed by atoms with Gasteiger partial charge in [-0.05, 0) is 48.7 Å². The largest absolute Gasteiger partial charge is 0.459 e. The molecule has 0 spiro atoms. The molecule has 3 aromatic heterocycles. The molecule has 1 amide bonds. The fourth-order valence-corrected chi connectivity index (χ4v) is 3.61. The first-order chi connectivity index (χ1) is 13.3. The van der Waals surface area contributed by atoms with Crippen LogP contribution in [0, 0.1) is 0 Å². The van der Waals surface area contributed by atoms with Crippen molar-refractivity contribution >= 4 is 17.0 Å². The topological polar surface area (TPSA) is 72.4 Å². The summed E-state index contributed by atoms with van der Waals surface area (Å²) >= 11 is 0. The van der Waals surface area contributed by atoms with E-state index < -0.39 is 0 Å². The Morgan fingerprint density at radius 1 is 1.15 bits per heavy atom. The van der Waals surface area contributed by atoms with Crippen molar-refractivity contribution in [2.75, 3.05) is 6.54 Å². The van der Waals surface area contributed by atoms with E-state index in [0.29, 0.717) is 18.2 Å². The van der Waals surface area contributed by atoms with Crippen molar-refractivity contribution in [1.82, 2.24) is 14.9 Å². The third-order valence-corrected chi connectivity index (χ3v) is 4.93. The van der Waals surface area contributed by atoms with Gasteiger partial charge in [0.2, 0.25) is 5.89 Å². The second-order valence-electron chi connectivity index (χ2n) is 6.61. The Balaban J connectivity index is 1.48. The molecule has 0 aliphatic carbocycles. The van der Waals surface area contributed by atoms with Crippen LogP contribution in [0.1, 0.15) is 35.3 Å². The molecule has 134 valence electrons. The average Bonchev–Trinajstić information content (AvgIpc) is 3.47. The van der Waals surface area contributed by atoms with Crippen LogP contribution in [0.2, 0.25) is 0 Å². The maximum absolute atomic E-state index is 12.7. The molecular formula is C21H17N3O3. The molecule has 1 aromatic carbocycles. The molecule has 4 aromatic rings. The molecule has 6 heteroatoms. The Kier molecular flexibility index (Phi) is 3.74. The van der Waals surface area contributed by atoms with Crippen LogP contribution in [0.4, 0.5) is 0 Å². The Bertz CT molecular complexity index is 1090. The number of likely N-dealkylation sites (tertiary alicyclic amines) is 1. The van der Waals surface area contributed by atoms with E-state index in [-0.39, 0.29) is 11.9 Å². The third kappa shape index (κ3) is 2.79. The summed E-state index contributed by atoms with van der Waals surface area (Å²) in [7, 11) is 0. The molecule has 4 heterocycles. The van der Waals surface area contributed by atoms with Crippen LogP contribution in [0.15, 0.2) is 70.0 Å². The molecule has 5 rings (SSSR count). The lowest BCUT2D eigenvalue weighted by Crippen LogP contribution is -2.30. The number of aromatic nitrogens is 2. The van der Waals surface area contributed by atoms with Crippen molar-refractivity contribution in [3.05, 3.63) is 72.8 Å². The van der Waals surface area contributed by atoms with Crippen molar-refractivity contribution in [2.24, 2.45) is 0 Å². The molecule has 0 unspecified atom stereocenters. The van der Waals surface area contributed by atoms with E-state index in [0.717, 1.165) is 35.1 Å². The number of amides is 1. The van der Waals surface area contributed by atoms with Crippen LogP contribution in [-0.4, -0.2) is 27.3 Å². The maximum atomic E-state index is 12.7. The van der Waals surface area contributed by atoms with E-state index in [1.807, 2.05) is 36.5 Å². The van der Waals surface area contributed by atoms with Crippen LogP contribution in [0.25, 0.3) is 22.2 Å². The summed E-state index contributed by atoms with van der Waals surface area (Å²) in [6.45, 7) is 0.670. The fraction of sp³-hybridized carbons (Fsp3) is 0.190. The van der Waals surface area contributed by atoms with Gasteiger partial charge in [-0.3, -0.25) is 9.78 Å². The van der Waals surface area contributed by atoms with Crippen LogP contribution < -0.4 is 0 Å². The third-order valence-electron chi connectivity index (χ3n) is 4.93. The van der Waals surface area contributed by atoms with Gasteiger partial charge < -0.3 is 13.7 Å². The Labute approximate surface area is 155 Å². The first-order valence-electron chi connectivity index (χ1n) is 8.95. The molecule has 0 N–H and O–H groups in total. The standard InChI is InChI=1S/C21H17N3O3/c25-21(19-6-3-11-26-19)24-10-2-5-17(24)20-23-16-12-14(7-8-18(16)27-20)15-4-1-9-22-13-15/h1,3-4,6-9,11-13,17H,2,5,10H2/t17-/m0/s1. The van der Waals surface area contributed by atoms with Gasteiger partial charge in [0.1, 0.15) is 11.6 Å². The number of hydrogen-bond acceptors (Lipinski definition) is 5. The molecule has 1 atom stereocenters. The highest BCUT2D eigenvalue weighted by molar-refractivity contribution is 5.92. The normalized spacial score (nSPS) is 16.9. The van der Waals surface area contributed by atoms with Crippen molar-refractivity contribution in [2.45, 2.75) is 18.9 Å². The smallest absolute Gasteiger partial charge is 0.290 e. The van der Waals surface area contributed by atoms with Crippen LogP contribution in [-0.2, 0) is 0 Å². The van der Waals surface area contributed by atoms with Crippen molar-refractivity contribution < 1.29 is 13.6 Å². The van der Waals surface area contributed by atoms with E-state index >= 15 is 0 Å². The van der Waals surface area contributed by atoms with Gasteiger partial charge in [-0.1, -0.05) is 12.1 Å². The molecular weight excluding hydrogens is 342 g/mol. The highest BCUT2D eigenvalue weighted by Gasteiger charge is 2.35. The lowest BCUT2D eigenvalue weighted by atomic mass is 10.1. The lowest BCUT2D eigenvalue weighted by molar-refractivity contribution is 0.0684. The highest BCUT2D eigenvalue weighted by Crippen LogP contribution is 2.35. The Morgan fingerprint density at radius 3 is 2.93 bits per heavy atom. The Morgan fingerprint density at radius 2 is 2.11 bits per heavy atom. The van der Waals surface area contributed by atoms with Gasteiger partial charge in [0.05, 0.1) is 6.26 Å². The molecule has 6 nitrogen and oxygen atoms in total. The summed E-state index contributed by atoms with van der Waals surface area (Å²) in [5.74, 6) is 0.795. The minimum atomic E-state index is -0.170. The Hall–Kier alpha value is -3.41. The monoisotopic (exact) mass is 359 g/mol. The first-order valence-corrected chi connectivity index (χ1v) is 8.95. The first kappa shape index (κ1) is 15.8. The molecule has 0 saturated carbocycles. The average molecular weight is 359 g/mol. The van der Waals surface area contributed by atoms with Crippen LogP contribution in [0.3, 0.4) is 0 Å². The SMILES string of the molecule is O=C(c1ccco1)N1CCC[C@H]1c1nc2cc(-c3cccnc3)ccc2o1. The quantitative estimate of drug-likeness (QED) is 0.540. The summed E-state index contributed by atoms with van der Waals surface area (Å²) in [6, 6.07) is 13.1. The van der Waals surface area contributed by atoms with E-state index in [9.17, 15) is 4.79 Å². The van der Waals surface area contributed by atoms with Gasteiger partial charge >= 0.3 is 0 Å². The number of nitrogens with zero attached hydrogens (tertiary/aromatic N) is 3. The van der Waals surface area contributed by atoms with Gasteiger partial charge in [0, 0.05) is 24.5 Å². The number of oxazole rings is 1. The van der Waals surface area contributed by atoms with Gasteiger partial charge in [-0.15, -0.1) is 0 Å². The summed E-state index contributed by atoms with van der Waals surface area (Å²) in [5.41, 5.74) is 3.56.